The van der Waals surface area contributed by atoms with Gasteiger partial charge in [0.1, 0.15) is 0 Å². The summed E-state index contributed by atoms with van der Waals surface area (Å²) in [6.07, 6.45) is 0.847. The van der Waals surface area contributed by atoms with E-state index in [2.05, 4.69) is 24.1 Å². The van der Waals surface area contributed by atoms with E-state index in [4.69, 9.17) is 10.8 Å². The van der Waals surface area contributed by atoms with Crippen LogP contribution in [0.1, 0.15) is 23.8 Å². The highest BCUT2D eigenvalue weighted by atomic mass is 32.2. The number of hydrogen-bond acceptors (Lipinski definition) is 4. The van der Waals surface area contributed by atoms with Gasteiger partial charge < -0.3 is 10.8 Å². The first-order chi connectivity index (χ1) is 7.77. The van der Waals surface area contributed by atoms with E-state index in [9.17, 15) is 0 Å². The van der Waals surface area contributed by atoms with Crippen molar-refractivity contribution < 1.29 is 5.11 Å². The molecule has 4 heteroatoms. The molecule has 16 heavy (non-hydrogen) atoms. The van der Waals surface area contributed by atoms with Crippen LogP contribution in [-0.2, 0) is 5.75 Å². The van der Waals surface area contributed by atoms with Crippen LogP contribution in [0.4, 0.5) is 0 Å². The van der Waals surface area contributed by atoms with Crippen molar-refractivity contribution in [2.24, 2.45) is 5.73 Å². The van der Waals surface area contributed by atoms with Crippen molar-refractivity contribution in [2.45, 2.75) is 24.3 Å². The summed E-state index contributed by atoms with van der Waals surface area (Å²) < 4.78 is 0. The van der Waals surface area contributed by atoms with Gasteiger partial charge in [0.25, 0.3) is 0 Å². The van der Waals surface area contributed by atoms with E-state index in [1.165, 1.54) is 4.88 Å². The number of nitrogens with two attached hydrogens (primary N) is 1. The number of thiophene rings is 1. The largest absolute Gasteiger partial charge is 0.396 e. The van der Waals surface area contributed by atoms with Crippen molar-refractivity contribution in [1.82, 2.24) is 0 Å². The Hall–Kier alpha value is -0.470. The summed E-state index contributed by atoms with van der Waals surface area (Å²) >= 11 is 3.59. The molecule has 3 N–H and O–H groups in total. The monoisotopic (exact) mass is 255 g/mol. The van der Waals surface area contributed by atoms with Crippen LogP contribution in [0.15, 0.2) is 11.4 Å². The summed E-state index contributed by atoms with van der Waals surface area (Å²) in [5.74, 6) is 6.93. The summed E-state index contributed by atoms with van der Waals surface area (Å²) in [5, 5.41) is 11.4. The van der Waals surface area contributed by atoms with E-state index < -0.39 is 0 Å². The van der Waals surface area contributed by atoms with Crippen molar-refractivity contribution >= 4 is 23.1 Å². The highest BCUT2D eigenvalue weighted by molar-refractivity contribution is 7.99. The molecule has 0 aromatic carbocycles. The van der Waals surface area contributed by atoms with Crippen molar-refractivity contribution in [3.8, 4) is 11.8 Å². The molecule has 1 atom stereocenters. The Morgan fingerprint density at radius 1 is 1.62 bits per heavy atom. The van der Waals surface area contributed by atoms with E-state index in [-0.39, 0.29) is 6.61 Å². The Labute approximate surface area is 105 Å². The molecule has 88 valence electrons. The lowest BCUT2D eigenvalue weighted by Crippen LogP contribution is -1.99. The highest BCUT2D eigenvalue weighted by Crippen LogP contribution is 2.25. The average Bonchev–Trinajstić information content (AvgIpc) is 2.71. The zero-order valence-corrected chi connectivity index (χ0v) is 11.0. The average molecular weight is 255 g/mol. The third-order valence-corrected chi connectivity index (χ3v) is 4.47. The Morgan fingerprint density at radius 3 is 3.12 bits per heavy atom. The first-order valence-corrected chi connectivity index (χ1v) is 7.18. The van der Waals surface area contributed by atoms with Gasteiger partial charge >= 0.3 is 0 Å². The second-order valence-corrected chi connectivity index (χ2v) is 5.82. The van der Waals surface area contributed by atoms with Crippen LogP contribution >= 0.6 is 23.1 Å². The topological polar surface area (TPSA) is 46.2 Å². The molecule has 1 heterocycles. The third-order valence-electron chi connectivity index (χ3n) is 2.11. The Bertz CT molecular complexity index is 365. The van der Waals surface area contributed by atoms with Gasteiger partial charge in [-0.05, 0) is 17.9 Å². The van der Waals surface area contributed by atoms with Crippen molar-refractivity contribution in [2.75, 3.05) is 13.2 Å². The maximum Gasteiger partial charge on any atom is 0.0555 e. The van der Waals surface area contributed by atoms with E-state index in [1.807, 2.05) is 17.8 Å². The molecule has 0 fully saturated rings. The summed E-state index contributed by atoms with van der Waals surface area (Å²) in [4.78, 5) is 1.30. The molecule has 0 aliphatic heterocycles. The van der Waals surface area contributed by atoms with Crippen LogP contribution in [-0.4, -0.2) is 23.5 Å². The fourth-order valence-corrected chi connectivity index (χ4v) is 3.15. The van der Waals surface area contributed by atoms with Crippen LogP contribution in [0.5, 0.6) is 0 Å². The maximum atomic E-state index is 8.82. The molecule has 1 rings (SSSR count). The van der Waals surface area contributed by atoms with Crippen LogP contribution in [0.25, 0.3) is 0 Å². The van der Waals surface area contributed by atoms with E-state index in [1.54, 1.807) is 11.3 Å². The summed E-state index contributed by atoms with van der Waals surface area (Å²) in [5.41, 5.74) is 6.45. The second-order valence-electron chi connectivity index (χ2n) is 3.40. The summed E-state index contributed by atoms with van der Waals surface area (Å²) in [6.45, 7) is 2.81. The standard InChI is InChI=1S/C12H17NOS2/c1-10(4-7-14)16-9-12-11(3-2-6-13)5-8-15-12/h5,8,10,14H,4,6-7,9,13H2,1H3. The fraction of sp³-hybridized carbons (Fsp3) is 0.500. The molecular formula is C12H17NOS2. The zero-order valence-electron chi connectivity index (χ0n) is 9.40. The smallest absolute Gasteiger partial charge is 0.0555 e. The minimum Gasteiger partial charge on any atom is -0.396 e. The van der Waals surface area contributed by atoms with Gasteiger partial charge in [-0.3, -0.25) is 0 Å². The van der Waals surface area contributed by atoms with Crippen molar-refractivity contribution in [1.29, 1.82) is 0 Å². The third kappa shape index (κ3) is 4.58. The number of aliphatic hydroxyl groups excluding tert-OH is 1. The van der Waals surface area contributed by atoms with Crippen molar-refractivity contribution in [3.05, 3.63) is 21.9 Å². The molecule has 0 amide bonds. The van der Waals surface area contributed by atoms with E-state index >= 15 is 0 Å². The normalized spacial score (nSPS) is 11.9. The number of thioether (sulfide) groups is 1. The molecule has 1 aromatic rings. The second kappa shape index (κ2) is 7.75. The van der Waals surface area contributed by atoms with Gasteiger partial charge in [0.2, 0.25) is 0 Å². The molecule has 0 radical (unpaired) electrons. The molecule has 1 aromatic heterocycles. The van der Waals surface area contributed by atoms with E-state index in [0.29, 0.717) is 11.8 Å². The Morgan fingerprint density at radius 2 is 2.44 bits per heavy atom. The first kappa shape index (κ1) is 13.6. The predicted octanol–water partition coefficient (Wildman–Crippen LogP) is 2.06. The number of hydrogen-bond donors (Lipinski definition) is 2. The predicted molar refractivity (Wildman–Crippen MR) is 72.7 cm³/mol. The van der Waals surface area contributed by atoms with Gasteiger partial charge in [-0.25, -0.2) is 0 Å². The quantitative estimate of drug-likeness (QED) is 0.792. The number of aliphatic hydroxyl groups is 1. The minimum absolute atomic E-state index is 0.262. The van der Waals surface area contributed by atoms with Crippen LogP contribution < -0.4 is 5.73 Å². The van der Waals surface area contributed by atoms with Crippen LogP contribution in [0.3, 0.4) is 0 Å². The van der Waals surface area contributed by atoms with Gasteiger partial charge in [0.15, 0.2) is 0 Å². The molecule has 0 aliphatic rings. The lowest BCUT2D eigenvalue weighted by Gasteiger charge is -2.08. The Kier molecular flexibility index (Phi) is 6.58. The van der Waals surface area contributed by atoms with Crippen LogP contribution in [0, 0.1) is 11.8 Å². The summed E-state index contributed by atoms with van der Waals surface area (Å²) in [7, 11) is 0. The molecule has 0 saturated heterocycles. The maximum absolute atomic E-state index is 8.82. The van der Waals surface area contributed by atoms with Gasteiger partial charge in [0.05, 0.1) is 6.54 Å². The van der Waals surface area contributed by atoms with Gasteiger partial charge in [-0.15, -0.1) is 11.3 Å². The SMILES string of the molecule is CC(CCO)SCc1sccc1C#CCN. The zero-order chi connectivity index (χ0) is 11.8. The van der Waals surface area contributed by atoms with Gasteiger partial charge in [-0.1, -0.05) is 18.8 Å². The molecule has 0 bridgehead atoms. The minimum atomic E-state index is 0.262. The fourth-order valence-electron chi connectivity index (χ4n) is 1.19. The van der Waals surface area contributed by atoms with Gasteiger partial charge in [0, 0.05) is 28.1 Å². The molecular weight excluding hydrogens is 238 g/mol. The lowest BCUT2D eigenvalue weighted by molar-refractivity contribution is 0.289. The number of rotatable bonds is 5. The lowest BCUT2D eigenvalue weighted by atomic mass is 10.3. The van der Waals surface area contributed by atoms with Gasteiger partial charge in [-0.2, -0.15) is 11.8 Å². The van der Waals surface area contributed by atoms with Crippen LogP contribution in [0.2, 0.25) is 0 Å². The molecule has 0 aliphatic carbocycles. The van der Waals surface area contributed by atoms with E-state index in [0.717, 1.165) is 17.7 Å². The summed E-state index contributed by atoms with van der Waals surface area (Å²) in [6, 6.07) is 2.04. The molecule has 2 nitrogen and oxygen atoms in total. The molecule has 0 saturated carbocycles. The highest BCUT2D eigenvalue weighted by Gasteiger charge is 2.06. The first-order valence-electron chi connectivity index (χ1n) is 5.25. The molecule has 0 spiro atoms. The van der Waals surface area contributed by atoms with Crippen molar-refractivity contribution in [3.63, 3.8) is 0 Å². The Balaban J connectivity index is 2.50. The molecule has 1 unspecified atom stereocenters.